The second-order valence-electron chi connectivity index (χ2n) is 24.2. The number of fused-ring (bicyclic) bond motifs is 10. The first-order valence-electron chi connectivity index (χ1n) is 24.1. The van der Waals surface area contributed by atoms with Gasteiger partial charge >= 0.3 is 0 Å². The highest BCUT2D eigenvalue weighted by molar-refractivity contribution is 6.18. The van der Waals surface area contributed by atoms with Gasteiger partial charge < -0.3 is 39.9 Å². The van der Waals surface area contributed by atoms with Gasteiger partial charge in [-0.1, -0.05) is 13.8 Å². The van der Waals surface area contributed by atoms with E-state index in [4.69, 9.17) is 9.47 Å². The molecule has 9 saturated heterocycles. The molecule has 3 aromatic rings. The SMILES string of the molecule is CC1(C)C=Cc2c(ccc3c2[N+]([O-])=C2C(C)(C)[C@@H]4C[C@]56CCCN5C(=O)C4(NC6=O)C4N5C(=O)C67CCCN6C(=O)C56C(C7)C(C)(C)c5c(c7ccc8c(c7n5O)C=CC(C)(C)O8)[C@H]6C234)O1. The molecule has 2 N–H and O–H groups in total. The van der Waals surface area contributed by atoms with Gasteiger partial charge in [-0.2, -0.15) is 9.47 Å². The molecule has 10 fully saturated rings. The Morgan fingerprint density at radius 3 is 2.09 bits per heavy atom. The number of nitrogens with one attached hydrogen (secondary N) is 1. The molecule has 5 spiro atoms. The topological polar surface area (TPSA) is 160 Å². The van der Waals surface area contributed by atoms with Crippen molar-refractivity contribution in [2.24, 2.45) is 17.3 Å². The Bertz CT molecular complexity index is 3140. The minimum absolute atomic E-state index is 0.176. The Labute approximate surface area is 381 Å². The van der Waals surface area contributed by atoms with Crippen molar-refractivity contribution in [3.05, 3.63) is 69.6 Å². The number of rotatable bonds is 0. The normalized spacial score (nSPS) is 40.5. The summed E-state index contributed by atoms with van der Waals surface area (Å²) in [7, 11) is 0. The minimum atomic E-state index is -1.73. The van der Waals surface area contributed by atoms with Crippen molar-refractivity contribution in [2.75, 3.05) is 13.1 Å². The van der Waals surface area contributed by atoms with E-state index in [1.54, 1.807) is 4.90 Å². The lowest BCUT2D eigenvalue weighted by Crippen LogP contribution is -2.93. The quantitative estimate of drug-likeness (QED) is 0.163. The van der Waals surface area contributed by atoms with E-state index in [1.807, 2.05) is 86.1 Å². The number of piperidine rings is 4. The molecule has 13 heterocycles. The van der Waals surface area contributed by atoms with Crippen LogP contribution in [0.3, 0.4) is 0 Å². The lowest BCUT2D eigenvalue weighted by Gasteiger charge is -2.70. The number of hydrogen-bond donors (Lipinski definition) is 2. The Kier molecular flexibility index (Phi) is 6.01. The summed E-state index contributed by atoms with van der Waals surface area (Å²) >= 11 is 0. The molecule has 340 valence electrons. The summed E-state index contributed by atoms with van der Waals surface area (Å²) in [6, 6.07) is 6.54. The van der Waals surface area contributed by atoms with Gasteiger partial charge in [0.05, 0.1) is 28.2 Å². The molecule has 4 bridgehead atoms. The molecule has 1 saturated carbocycles. The van der Waals surface area contributed by atoms with Crippen molar-refractivity contribution >= 4 is 58.1 Å². The molecule has 66 heavy (non-hydrogen) atoms. The van der Waals surface area contributed by atoms with Crippen LogP contribution in [0.2, 0.25) is 0 Å². The highest BCUT2D eigenvalue weighted by Crippen LogP contribution is 2.81. The standard InChI is InChI=1S/C52H54N6O8/c1-44(2)19-15-25-29(65-44)13-11-27-33-36-50-28-12-14-30-26(16-20-45(3,4)66-30)35(28)58(64)38(50)47(7,8)31-23-48-17-9-21-54(48)42(61)51(31,53-40(48)59)39(50)56-41(60)49-18-10-22-55(49)43(62)52(36,56)32(24-49)46(5,6)37(33)57(63)34(25)27/h11-16,19-20,31-32,36,39,63H,9-10,17-18,21-24H2,1-8H3,(H,53,59)/t31-,32?,36-,39?,48-,49?,50?,51?,52?/m0/s1. The lowest BCUT2D eigenvalue weighted by atomic mass is 9.39. The number of aromatic nitrogens is 1. The lowest BCUT2D eigenvalue weighted by molar-refractivity contribution is -0.367. The molecular formula is C52H54N6O8. The van der Waals surface area contributed by atoms with E-state index in [-0.39, 0.29) is 23.6 Å². The molecule has 4 amide bonds. The van der Waals surface area contributed by atoms with E-state index in [9.17, 15) is 5.21 Å². The van der Waals surface area contributed by atoms with Crippen LogP contribution in [0.4, 0.5) is 5.69 Å². The summed E-state index contributed by atoms with van der Waals surface area (Å²) in [6.07, 6.45) is 10.8. The highest BCUT2D eigenvalue weighted by Gasteiger charge is 2.95. The van der Waals surface area contributed by atoms with Gasteiger partial charge in [-0.05, 0) is 134 Å². The second-order valence-corrected chi connectivity index (χ2v) is 24.2. The fourth-order valence-electron chi connectivity index (χ4n) is 18.0. The minimum Gasteiger partial charge on any atom is -0.618 e. The molecule has 2 aliphatic carbocycles. The number of amides is 4. The van der Waals surface area contributed by atoms with Gasteiger partial charge in [0, 0.05) is 52.8 Å². The average molecular weight is 891 g/mol. The van der Waals surface area contributed by atoms with Gasteiger partial charge in [-0.3, -0.25) is 19.2 Å². The van der Waals surface area contributed by atoms with E-state index in [2.05, 4.69) is 33.0 Å². The van der Waals surface area contributed by atoms with Crippen molar-refractivity contribution in [3.63, 3.8) is 0 Å². The van der Waals surface area contributed by atoms with Crippen molar-refractivity contribution in [2.45, 2.75) is 150 Å². The third-order valence-corrected chi connectivity index (χ3v) is 20.0. The summed E-state index contributed by atoms with van der Waals surface area (Å²) in [4.78, 5) is 70.5. The summed E-state index contributed by atoms with van der Waals surface area (Å²) in [5.74, 6) is -1.92. The van der Waals surface area contributed by atoms with E-state index in [0.29, 0.717) is 113 Å². The number of hydrogen-bond acceptors (Lipinski definition) is 8. The summed E-state index contributed by atoms with van der Waals surface area (Å²) in [5, 5.41) is 33.8. The fourth-order valence-corrected chi connectivity index (χ4v) is 18.0. The number of carbonyl (C=O) groups is 4. The van der Waals surface area contributed by atoms with Crippen LogP contribution >= 0.6 is 0 Å². The van der Waals surface area contributed by atoms with Gasteiger partial charge in [-0.25, -0.2) is 0 Å². The van der Waals surface area contributed by atoms with Gasteiger partial charge in [0.1, 0.15) is 50.3 Å². The highest BCUT2D eigenvalue weighted by atomic mass is 16.5. The van der Waals surface area contributed by atoms with Crippen molar-refractivity contribution in [1.29, 1.82) is 0 Å². The molecule has 9 atom stereocenters. The third-order valence-electron chi connectivity index (χ3n) is 20.0. The van der Waals surface area contributed by atoms with Gasteiger partial charge in [0.2, 0.25) is 23.4 Å². The van der Waals surface area contributed by atoms with Crippen molar-refractivity contribution in [1.82, 2.24) is 24.7 Å². The summed E-state index contributed by atoms with van der Waals surface area (Å²) in [6.45, 7) is 17.0. The zero-order valence-electron chi connectivity index (χ0n) is 38.6. The third kappa shape index (κ3) is 3.39. The molecule has 1 aromatic heterocycles. The number of nitrogens with zero attached hydrogens (tertiary/aromatic N) is 5. The molecule has 14 aliphatic rings. The number of benzene rings is 2. The largest absolute Gasteiger partial charge is 0.618 e. The molecule has 17 rings (SSSR count). The van der Waals surface area contributed by atoms with E-state index in [0.717, 1.165) is 4.74 Å². The molecule has 14 nitrogen and oxygen atoms in total. The van der Waals surface area contributed by atoms with Crippen LogP contribution in [0, 0.1) is 22.5 Å². The molecule has 0 radical (unpaired) electrons. The first-order valence-corrected chi connectivity index (χ1v) is 24.1. The van der Waals surface area contributed by atoms with Gasteiger partial charge in [0.15, 0.2) is 5.71 Å². The zero-order valence-corrected chi connectivity index (χ0v) is 38.6. The van der Waals surface area contributed by atoms with Crippen LogP contribution in [-0.2, 0) is 30.0 Å². The Balaban J connectivity index is 1.16. The number of piperazine rings is 2. The van der Waals surface area contributed by atoms with Crippen LogP contribution in [-0.4, -0.2) is 111 Å². The summed E-state index contributed by atoms with van der Waals surface area (Å²) in [5.41, 5.74) is -6.07. The molecular weight excluding hydrogens is 837 g/mol. The van der Waals surface area contributed by atoms with Crippen molar-refractivity contribution < 1.29 is 38.6 Å². The predicted octanol–water partition coefficient (Wildman–Crippen LogP) is 5.79. The first-order chi connectivity index (χ1) is 31.1. The van der Waals surface area contributed by atoms with E-state index in [1.165, 1.54) is 4.73 Å². The maximum atomic E-state index is 16.8. The first kappa shape index (κ1) is 38.3. The van der Waals surface area contributed by atoms with E-state index < -0.39 is 73.4 Å². The summed E-state index contributed by atoms with van der Waals surface area (Å²) < 4.78 is 15.5. The molecule has 2 aromatic carbocycles. The fraction of sp³-hybridized carbons (Fsp3) is 0.558. The van der Waals surface area contributed by atoms with Gasteiger partial charge in [0.25, 0.3) is 5.91 Å². The van der Waals surface area contributed by atoms with Crippen LogP contribution < -0.4 is 14.8 Å². The Morgan fingerprint density at radius 1 is 0.758 bits per heavy atom. The smallest absolute Gasteiger partial charge is 0.251 e. The van der Waals surface area contributed by atoms with Crippen LogP contribution in [0.15, 0.2) is 36.4 Å². The Morgan fingerprint density at radius 2 is 1.38 bits per heavy atom. The number of carbonyl (C=O) groups excluding carboxylic acids is 4. The molecule has 6 unspecified atom stereocenters. The second kappa shape index (κ2) is 10.4. The van der Waals surface area contributed by atoms with Crippen molar-refractivity contribution in [3.8, 4) is 11.5 Å². The maximum Gasteiger partial charge on any atom is 0.251 e. The zero-order chi connectivity index (χ0) is 45.8. The maximum absolute atomic E-state index is 16.8. The average Bonchev–Trinajstić information content (AvgIpc) is 4.05. The Hall–Kier alpha value is -5.79. The molecule has 14 heteroatoms. The number of ether oxygens (including phenoxy) is 2. The monoisotopic (exact) mass is 890 g/mol. The predicted molar refractivity (Wildman–Crippen MR) is 240 cm³/mol. The molecule has 12 aliphatic heterocycles. The van der Waals surface area contributed by atoms with Crippen LogP contribution in [0.1, 0.15) is 128 Å². The van der Waals surface area contributed by atoms with Crippen LogP contribution in [0.5, 0.6) is 11.5 Å². The van der Waals surface area contributed by atoms with E-state index >= 15 is 24.4 Å². The van der Waals surface area contributed by atoms with Crippen LogP contribution in [0.25, 0.3) is 23.1 Å². The van der Waals surface area contributed by atoms with Gasteiger partial charge in [-0.15, -0.1) is 0 Å².